The van der Waals surface area contributed by atoms with Gasteiger partial charge in [-0.2, -0.15) is 0 Å². The van der Waals surface area contributed by atoms with E-state index < -0.39 is 0 Å². The lowest BCUT2D eigenvalue weighted by molar-refractivity contribution is -0.115. The Balaban J connectivity index is 1.64. The van der Waals surface area contributed by atoms with Crippen molar-refractivity contribution in [3.8, 4) is 22.5 Å². The summed E-state index contributed by atoms with van der Waals surface area (Å²) >= 11 is 7.43. The van der Waals surface area contributed by atoms with E-state index in [0.717, 1.165) is 33.2 Å². The molecule has 0 radical (unpaired) electrons. The Morgan fingerprint density at radius 2 is 1.81 bits per heavy atom. The van der Waals surface area contributed by atoms with Crippen LogP contribution in [0.25, 0.3) is 22.5 Å². The van der Waals surface area contributed by atoms with Crippen molar-refractivity contribution >= 4 is 35.1 Å². The molecule has 4 aromatic rings. The van der Waals surface area contributed by atoms with Crippen molar-refractivity contribution in [2.24, 2.45) is 7.05 Å². The summed E-state index contributed by atoms with van der Waals surface area (Å²) in [6, 6.07) is 17.1. The minimum absolute atomic E-state index is 0.175. The quantitative estimate of drug-likeness (QED) is 0.362. The Bertz CT molecular complexity index is 1260. The lowest BCUT2D eigenvalue weighted by Crippen LogP contribution is -2.15. The first-order valence-corrected chi connectivity index (χ1v) is 11.4. The highest BCUT2D eigenvalue weighted by molar-refractivity contribution is 7.98. The number of carbonyl (C=O) groups excluding carboxylic acids is 1. The molecule has 0 aliphatic heterocycles. The molecule has 0 fully saturated rings. The van der Waals surface area contributed by atoms with Gasteiger partial charge >= 0.3 is 0 Å². The second-order valence-electron chi connectivity index (χ2n) is 7.14. The molecule has 5 nitrogen and oxygen atoms in total. The van der Waals surface area contributed by atoms with Crippen LogP contribution < -0.4 is 5.32 Å². The van der Waals surface area contributed by atoms with E-state index >= 15 is 0 Å². The molecule has 0 saturated heterocycles. The van der Waals surface area contributed by atoms with Gasteiger partial charge in [0.25, 0.3) is 0 Å². The van der Waals surface area contributed by atoms with Gasteiger partial charge < -0.3 is 9.88 Å². The molecule has 4 rings (SSSR count). The first kappa shape index (κ1) is 22.0. The summed E-state index contributed by atoms with van der Waals surface area (Å²) in [5.74, 6) is -0.0325. The molecule has 0 atom stereocenters. The summed E-state index contributed by atoms with van der Waals surface area (Å²) in [6.45, 7) is 0. The predicted octanol–water partition coefficient (Wildman–Crippen LogP) is 5.84. The Kier molecular flexibility index (Phi) is 6.58. The zero-order valence-electron chi connectivity index (χ0n) is 17.5. The van der Waals surface area contributed by atoms with Gasteiger partial charge in [-0.25, -0.2) is 14.4 Å². The van der Waals surface area contributed by atoms with Crippen LogP contribution in [0.15, 0.2) is 72.0 Å². The average Bonchev–Trinajstić information content (AvgIpc) is 3.12. The number of carbonyl (C=O) groups is 1. The molecule has 0 saturated carbocycles. The van der Waals surface area contributed by atoms with Gasteiger partial charge in [0.15, 0.2) is 5.16 Å². The largest absolute Gasteiger partial charge is 0.322 e. The van der Waals surface area contributed by atoms with Gasteiger partial charge in [0.2, 0.25) is 5.91 Å². The number of amides is 1. The number of thioether (sulfide) groups is 1. The monoisotopic (exact) mass is 466 g/mol. The second kappa shape index (κ2) is 9.54. The van der Waals surface area contributed by atoms with Gasteiger partial charge in [-0.1, -0.05) is 35.5 Å². The molecule has 32 heavy (non-hydrogen) atoms. The van der Waals surface area contributed by atoms with Crippen molar-refractivity contribution in [3.05, 3.63) is 83.3 Å². The molecule has 0 aliphatic carbocycles. The topological polar surface area (TPSA) is 59.8 Å². The third kappa shape index (κ3) is 4.84. The number of anilines is 1. The minimum atomic E-state index is -0.300. The summed E-state index contributed by atoms with van der Waals surface area (Å²) in [4.78, 5) is 21.5. The zero-order chi connectivity index (χ0) is 22.7. The maximum Gasteiger partial charge on any atom is 0.229 e. The molecule has 1 amide bonds. The molecule has 2 aromatic heterocycles. The summed E-state index contributed by atoms with van der Waals surface area (Å²) in [7, 11) is 1.93. The molecular weight excluding hydrogens is 447 g/mol. The number of rotatable bonds is 6. The van der Waals surface area contributed by atoms with E-state index in [4.69, 9.17) is 16.6 Å². The Morgan fingerprint density at radius 1 is 1.09 bits per heavy atom. The van der Waals surface area contributed by atoms with Crippen LogP contribution in [0.5, 0.6) is 0 Å². The standard InChI is InChI=1S/C24H20ClFN4OS/c1-30-23(22(29-24(30)32-2)16-5-9-19(26)10-6-16)17-11-12-27-20(14-17)28-21(31)13-15-3-7-18(25)8-4-15/h3-12,14H,13H2,1-2H3,(H,27,28,31). The van der Waals surface area contributed by atoms with E-state index in [1.807, 2.05) is 42.1 Å². The fourth-order valence-corrected chi connectivity index (χ4v) is 4.09. The normalized spacial score (nSPS) is 10.9. The van der Waals surface area contributed by atoms with Crippen molar-refractivity contribution in [2.75, 3.05) is 11.6 Å². The van der Waals surface area contributed by atoms with Crippen LogP contribution in [-0.2, 0) is 18.3 Å². The summed E-state index contributed by atoms with van der Waals surface area (Å²) < 4.78 is 15.4. The third-order valence-electron chi connectivity index (χ3n) is 4.93. The predicted molar refractivity (Wildman–Crippen MR) is 127 cm³/mol. The van der Waals surface area contributed by atoms with Gasteiger partial charge in [-0.05, 0) is 60.4 Å². The SMILES string of the molecule is CSc1nc(-c2ccc(F)cc2)c(-c2ccnc(NC(=O)Cc3ccc(Cl)cc3)c2)n1C. The third-order valence-corrected chi connectivity index (χ3v) is 5.92. The van der Waals surface area contributed by atoms with Gasteiger partial charge in [-0.3, -0.25) is 4.79 Å². The van der Waals surface area contributed by atoms with Crippen LogP contribution in [0, 0.1) is 5.82 Å². The Labute approximate surface area is 194 Å². The highest BCUT2D eigenvalue weighted by Crippen LogP contribution is 2.35. The molecule has 162 valence electrons. The zero-order valence-corrected chi connectivity index (χ0v) is 19.0. The van der Waals surface area contributed by atoms with Gasteiger partial charge in [0, 0.05) is 29.4 Å². The minimum Gasteiger partial charge on any atom is -0.322 e. The molecule has 2 aromatic carbocycles. The van der Waals surface area contributed by atoms with E-state index in [2.05, 4.69) is 10.3 Å². The fraction of sp³-hybridized carbons (Fsp3) is 0.125. The number of aromatic nitrogens is 3. The number of nitrogens with one attached hydrogen (secondary N) is 1. The van der Waals surface area contributed by atoms with Gasteiger partial charge in [0.1, 0.15) is 11.6 Å². The maximum absolute atomic E-state index is 13.4. The number of hydrogen-bond donors (Lipinski definition) is 1. The van der Waals surface area contributed by atoms with Crippen molar-refractivity contribution in [1.82, 2.24) is 14.5 Å². The second-order valence-corrected chi connectivity index (χ2v) is 8.35. The highest BCUT2D eigenvalue weighted by Gasteiger charge is 2.18. The molecular formula is C24H20ClFN4OS. The molecule has 0 spiro atoms. The van der Waals surface area contributed by atoms with E-state index in [-0.39, 0.29) is 18.1 Å². The molecule has 0 unspecified atom stereocenters. The van der Waals surface area contributed by atoms with Crippen LogP contribution >= 0.6 is 23.4 Å². The summed E-state index contributed by atoms with van der Waals surface area (Å²) in [6.07, 6.45) is 3.81. The van der Waals surface area contributed by atoms with Crippen LogP contribution in [0.4, 0.5) is 10.2 Å². The molecule has 2 heterocycles. The highest BCUT2D eigenvalue weighted by atomic mass is 35.5. The van der Waals surface area contributed by atoms with Gasteiger partial charge in [-0.15, -0.1) is 0 Å². The van der Waals surface area contributed by atoms with Gasteiger partial charge in [0.05, 0.1) is 17.8 Å². The molecule has 1 N–H and O–H groups in total. The smallest absolute Gasteiger partial charge is 0.229 e. The first-order valence-electron chi connectivity index (χ1n) is 9.82. The molecule has 0 bridgehead atoms. The van der Waals surface area contributed by atoms with Crippen molar-refractivity contribution in [3.63, 3.8) is 0 Å². The average molecular weight is 467 g/mol. The number of imidazole rings is 1. The number of hydrogen-bond acceptors (Lipinski definition) is 4. The number of nitrogens with zero attached hydrogens (tertiary/aromatic N) is 3. The van der Waals surface area contributed by atoms with Crippen LogP contribution in [-0.4, -0.2) is 26.7 Å². The van der Waals surface area contributed by atoms with Crippen molar-refractivity contribution in [1.29, 1.82) is 0 Å². The van der Waals surface area contributed by atoms with E-state index in [1.165, 1.54) is 23.9 Å². The lowest BCUT2D eigenvalue weighted by atomic mass is 10.1. The van der Waals surface area contributed by atoms with Crippen LogP contribution in [0.1, 0.15) is 5.56 Å². The maximum atomic E-state index is 13.4. The fourth-order valence-electron chi connectivity index (χ4n) is 3.42. The van der Waals surface area contributed by atoms with E-state index in [9.17, 15) is 9.18 Å². The number of benzene rings is 2. The first-order chi connectivity index (χ1) is 15.4. The molecule has 8 heteroatoms. The molecule has 0 aliphatic rings. The number of halogens is 2. The summed E-state index contributed by atoms with van der Waals surface area (Å²) in [5.41, 5.74) is 4.11. The lowest BCUT2D eigenvalue weighted by Gasteiger charge is -2.10. The van der Waals surface area contributed by atoms with E-state index in [0.29, 0.717) is 10.8 Å². The van der Waals surface area contributed by atoms with Crippen LogP contribution in [0.2, 0.25) is 5.02 Å². The van der Waals surface area contributed by atoms with Crippen molar-refractivity contribution < 1.29 is 9.18 Å². The Morgan fingerprint density at radius 3 is 2.50 bits per heavy atom. The van der Waals surface area contributed by atoms with Crippen molar-refractivity contribution in [2.45, 2.75) is 11.6 Å². The van der Waals surface area contributed by atoms with E-state index in [1.54, 1.807) is 30.5 Å². The number of pyridine rings is 1. The Hall–Kier alpha value is -3.16. The summed E-state index contributed by atoms with van der Waals surface area (Å²) in [5, 5.41) is 4.30. The van der Waals surface area contributed by atoms with Crippen LogP contribution in [0.3, 0.4) is 0 Å².